The summed E-state index contributed by atoms with van der Waals surface area (Å²) in [4.78, 5) is 23.8. The summed E-state index contributed by atoms with van der Waals surface area (Å²) in [5.41, 5.74) is 2.25. The van der Waals surface area contributed by atoms with Gasteiger partial charge in [-0.15, -0.1) is 0 Å². The molecule has 0 saturated heterocycles. The number of nitrogens with one attached hydrogen (secondary N) is 1. The Morgan fingerprint density at radius 2 is 1.80 bits per heavy atom. The van der Waals surface area contributed by atoms with Gasteiger partial charge in [0.15, 0.2) is 0 Å². The average Bonchev–Trinajstić information content (AvgIpc) is 2.47. The fourth-order valence-corrected chi connectivity index (χ4v) is 1.73. The second-order valence-corrected chi connectivity index (χ2v) is 4.34. The first-order valence-corrected chi connectivity index (χ1v) is 6.02. The molecule has 20 heavy (non-hydrogen) atoms. The molecule has 1 amide bonds. The molecular weight excluding hydrogens is 252 g/mol. The third kappa shape index (κ3) is 3.09. The van der Waals surface area contributed by atoms with Gasteiger partial charge in [0.25, 0.3) is 11.7 Å². The molecule has 0 heterocycles. The van der Waals surface area contributed by atoms with Crippen LogP contribution in [0, 0.1) is 18.3 Å². The van der Waals surface area contributed by atoms with E-state index in [1.165, 1.54) is 0 Å². The van der Waals surface area contributed by atoms with Crippen LogP contribution in [0.1, 0.15) is 21.5 Å². The molecule has 98 valence electrons. The van der Waals surface area contributed by atoms with Crippen molar-refractivity contribution >= 4 is 17.4 Å². The van der Waals surface area contributed by atoms with Crippen LogP contribution in [0.2, 0.25) is 0 Å². The number of nitrogens with zero attached hydrogens (tertiary/aromatic N) is 1. The van der Waals surface area contributed by atoms with Crippen LogP contribution in [0.15, 0.2) is 48.5 Å². The average molecular weight is 264 g/mol. The van der Waals surface area contributed by atoms with Crippen molar-refractivity contribution < 1.29 is 9.59 Å². The van der Waals surface area contributed by atoms with Gasteiger partial charge in [-0.25, -0.2) is 0 Å². The summed E-state index contributed by atoms with van der Waals surface area (Å²) in [6.45, 7) is 1.86. The number of aryl methyl sites for hydroxylation is 1. The van der Waals surface area contributed by atoms with Gasteiger partial charge in [0.2, 0.25) is 0 Å². The third-order valence-corrected chi connectivity index (χ3v) is 2.76. The molecule has 0 spiro atoms. The standard InChI is InChI=1S/C16H12N2O2/c1-11-3-2-4-13(9-11)15(19)16(20)18-14-7-5-12(10-17)6-8-14/h2-9H,1H3,(H,18,20). The van der Waals surface area contributed by atoms with Crippen molar-refractivity contribution in [3.8, 4) is 6.07 Å². The lowest BCUT2D eigenvalue weighted by Crippen LogP contribution is -2.22. The summed E-state index contributed by atoms with van der Waals surface area (Å²) in [6.07, 6.45) is 0. The lowest BCUT2D eigenvalue weighted by molar-refractivity contribution is -0.112. The van der Waals surface area contributed by atoms with E-state index in [2.05, 4.69) is 5.32 Å². The summed E-state index contributed by atoms with van der Waals surface area (Å²) < 4.78 is 0. The van der Waals surface area contributed by atoms with Crippen molar-refractivity contribution in [1.29, 1.82) is 5.26 Å². The molecule has 1 N–H and O–H groups in total. The first-order valence-electron chi connectivity index (χ1n) is 6.02. The number of hydrogen-bond donors (Lipinski definition) is 1. The van der Waals surface area contributed by atoms with Gasteiger partial charge in [-0.1, -0.05) is 23.8 Å². The van der Waals surface area contributed by atoms with Crippen LogP contribution < -0.4 is 5.32 Å². The molecule has 4 nitrogen and oxygen atoms in total. The normalized spacial score (nSPS) is 9.60. The predicted molar refractivity (Wildman–Crippen MR) is 75.3 cm³/mol. The number of carbonyl (C=O) groups excluding carboxylic acids is 2. The van der Waals surface area contributed by atoms with E-state index in [-0.39, 0.29) is 0 Å². The van der Waals surface area contributed by atoms with Crippen LogP contribution in [-0.2, 0) is 4.79 Å². The first kappa shape index (κ1) is 13.5. The number of amides is 1. The Kier molecular flexibility index (Phi) is 3.92. The molecule has 2 rings (SSSR count). The first-order chi connectivity index (χ1) is 9.60. The van der Waals surface area contributed by atoms with Crippen molar-refractivity contribution in [3.63, 3.8) is 0 Å². The van der Waals surface area contributed by atoms with Gasteiger partial charge in [-0.2, -0.15) is 5.26 Å². The maximum atomic E-state index is 12.0. The number of rotatable bonds is 3. The van der Waals surface area contributed by atoms with Crippen LogP contribution in [-0.4, -0.2) is 11.7 Å². The van der Waals surface area contributed by atoms with E-state index >= 15 is 0 Å². The highest BCUT2D eigenvalue weighted by molar-refractivity contribution is 6.46. The number of nitriles is 1. The molecule has 0 aliphatic heterocycles. The molecule has 2 aromatic carbocycles. The molecule has 0 unspecified atom stereocenters. The molecule has 0 radical (unpaired) electrons. The van der Waals surface area contributed by atoms with Gasteiger partial charge in [0.05, 0.1) is 11.6 Å². The fourth-order valence-electron chi connectivity index (χ4n) is 1.73. The second kappa shape index (κ2) is 5.81. The quantitative estimate of drug-likeness (QED) is 0.684. The number of hydrogen-bond acceptors (Lipinski definition) is 3. The van der Waals surface area contributed by atoms with E-state index in [4.69, 9.17) is 5.26 Å². The zero-order valence-electron chi connectivity index (χ0n) is 10.9. The molecule has 0 atom stereocenters. The molecule has 0 aliphatic carbocycles. The van der Waals surface area contributed by atoms with Crippen molar-refractivity contribution in [2.45, 2.75) is 6.92 Å². The summed E-state index contributed by atoms with van der Waals surface area (Å²) in [5.74, 6) is -1.28. The fraction of sp³-hybridized carbons (Fsp3) is 0.0625. The lowest BCUT2D eigenvalue weighted by Gasteiger charge is -2.05. The van der Waals surface area contributed by atoms with Crippen LogP contribution in [0.4, 0.5) is 5.69 Å². The van der Waals surface area contributed by atoms with Gasteiger partial charge in [0, 0.05) is 11.3 Å². The van der Waals surface area contributed by atoms with E-state index in [1.807, 2.05) is 19.1 Å². The summed E-state index contributed by atoms with van der Waals surface area (Å²) >= 11 is 0. The Bertz CT molecular complexity index is 697. The van der Waals surface area contributed by atoms with E-state index in [1.54, 1.807) is 42.5 Å². The monoisotopic (exact) mass is 264 g/mol. The van der Waals surface area contributed by atoms with E-state index in [9.17, 15) is 9.59 Å². The van der Waals surface area contributed by atoms with Crippen LogP contribution in [0.25, 0.3) is 0 Å². The Labute approximate surface area is 116 Å². The van der Waals surface area contributed by atoms with Gasteiger partial charge in [-0.3, -0.25) is 9.59 Å². The highest BCUT2D eigenvalue weighted by Gasteiger charge is 2.16. The molecule has 0 bridgehead atoms. The molecule has 4 heteroatoms. The Morgan fingerprint density at radius 1 is 1.10 bits per heavy atom. The molecule has 0 saturated carbocycles. The van der Waals surface area contributed by atoms with Crippen molar-refractivity contribution in [2.75, 3.05) is 5.32 Å². The molecule has 2 aromatic rings. The third-order valence-electron chi connectivity index (χ3n) is 2.76. The van der Waals surface area contributed by atoms with Crippen LogP contribution >= 0.6 is 0 Å². The van der Waals surface area contributed by atoms with E-state index < -0.39 is 11.7 Å². The predicted octanol–water partition coefficient (Wildman–Crippen LogP) is 2.69. The molecule has 0 aliphatic rings. The van der Waals surface area contributed by atoms with Crippen molar-refractivity contribution in [2.24, 2.45) is 0 Å². The minimum Gasteiger partial charge on any atom is -0.319 e. The van der Waals surface area contributed by atoms with E-state index in [0.29, 0.717) is 16.8 Å². The largest absolute Gasteiger partial charge is 0.319 e. The topological polar surface area (TPSA) is 70.0 Å². The smallest absolute Gasteiger partial charge is 0.296 e. The summed E-state index contributed by atoms with van der Waals surface area (Å²) in [7, 11) is 0. The molecule has 0 fully saturated rings. The number of Topliss-reactive ketones (excluding diaryl/α,β-unsaturated/α-hetero) is 1. The van der Waals surface area contributed by atoms with Crippen molar-refractivity contribution in [1.82, 2.24) is 0 Å². The maximum absolute atomic E-state index is 12.0. The maximum Gasteiger partial charge on any atom is 0.296 e. The minimum absolute atomic E-state index is 0.358. The zero-order chi connectivity index (χ0) is 14.5. The number of ketones is 1. The SMILES string of the molecule is Cc1cccc(C(=O)C(=O)Nc2ccc(C#N)cc2)c1. The second-order valence-electron chi connectivity index (χ2n) is 4.34. The van der Waals surface area contributed by atoms with Crippen LogP contribution in [0.3, 0.4) is 0 Å². The lowest BCUT2D eigenvalue weighted by atomic mass is 10.1. The summed E-state index contributed by atoms with van der Waals surface area (Å²) in [6, 6.07) is 15.2. The van der Waals surface area contributed by atoms with Gasteiger partial charge in [0.1, 0.15) is 0 Å². The zero-order valence-corrected chi connectivity index (χ0v) is 10.9. The highest BCUT2D eigenvalue weighted by Crippen LogP contribution is 2.10. The highest BCUT2D eigenvalue weighted by atomic mass is 16.2. The van der Waals surface area contributed by atoms with Gasteiger partial charge >= 0.3 is 0 Å². The minimum atomic E-state index is -0.694. The Morgan fingerprint density at radius 3 is 2.40 bits per heavy atom. The van der Waals surface area contributed by atoms with Crippen LogP contribution in [0.5, 0.6) is 0 Å². The number of carbonyl (C=O) groups is 2. The van der Waals surface area contributed by atoms with Crippen molar-refractivity contribution in [3.05, 3.63) is 65.2 Å². The summed E-state index contributed by atoms with van der Waals surface area (Å²) in [5, 5.41) is 11.2. The molecular formula is C16H12N2O2. The number of anilines is 1. The number of benzene rings is 2. The van der Waals surface area contributed by atoms with Gasteiger partial charge in [-0.05, 0) is 37.3 Å². The Hall–Kier alpha value is -2.93. The Balaban J connectivity index is 2.11. The van der Waals surface area contributed by atoms with Gasteiger partial charge < -0.3 is 5.32 Å². The van der Waals surface area contributed by atoms with E-state index in [0.717, 1.165) is 5.56 Å². The molecule has 0 aromatic heterocycles.